The number of ether oxygens (including phenoxy) is 2. The van der Waals surface area contributed by atoms with E-state index in [1.165, 1.54) is 6.07 Å². The molecule has 1 aromatic carbocycles. The van der Waals surface area contributed by atoms with Gasteiger partial charge in [0.25, 0.3) is 0 Å². The van der Waals surface area contributed by atoms with Crippen LogP contribution in [0.1, 0.15) is 32.4 Å². The van der Waals surface area contributed by atoms with Gasteiger partial charge >= 0.3 is 12.7 Å². The second-order valence-electron chi connectivity index (χ2n) is 5.65. The Kier molecular flexibility index (Phi) is 4.91. The standard InChI is InChI=1S/C13H15F6NO2/c1-11(2,3)10(20)7-4-5-8(21-12(14,15)16)9(6-7)22-13(17,18)19/h4-6,10H,20H2,1-3H3. The van der Waals surface area contributed by atoms with Crippen LogP contribution >= 0.6 is 0 Å². The summed E-state index contributed by atoms with van der Waals surface area (Å²) in [7, 11) is 0. The average molecular weight is 331 g/mol. The van der Waals surface area contributed by atoms with Crippen molar-refractivity contribution in [3.8, 4) is 11.5 Å². The molecule has 0 saturated heterocycles. The quantitative estimate of drug-likeness (QED) is 0.828. The van der Waals surface area contributed by atoms with Crippen LogP contribution in [0.25, 0.3) is 0 Å². The molecule has 0 amide bonds. The fourth-order valence-electron chi connectivity index (χ4n) is 1.63. The number of halogens is 6. The Morgan fingerprint density at radius 2 is 1.32 bits per heavy atom. The van der Waals surface area contributed by atoms with E-state index in [9.17, 15) is 26.3 Å². The van der Waals surface area contributed by atoms with Crippen molar-refractivity contribution >= 4 is 0 Å². The normalized spacial score (nSPS) is 14.6. The molecule has 0 bridgehead atoms. The largest absolute Gasteiger partial charge is 0.573 e. The van der Waals surface area contributed by atoms with Crippen LogP contribution < -0.4 is 15.2 Å². The third-order valence-electron chi connectivity index (χ3n) is 2.71. The molecule has 0 aliphatic carbocycles. The molecule has 0 heterocycles. The van der Waals surface area contributed by atoms with Gasteiger partial charge in [0.15, 0.2) is 11.5 Å². The molecule has 1 rings (SSSR count). The van der Waals surface area contributed by atoms with Crippen molar-refractivity contribution in [1.82, 2.24) is 0 Å². The van der Waals surface area contributed by atoms with Crippen molar-refractivity contribution < 1.29 is 35.8 Å². The smallest absolute Gasteiger partial charge is 0.402 e. The Morgan fingerprint density at radius 1 is 0.864 bits per heavy atom. The van der Waals surface area contributed by atoms with Crippen LogP contribution in [0, 0.1) is 5.41 Å². The van der Waals surface area contributed by atoms with E-state index in [4.69, 9.17) is 5.73 Å². The number of rotatable bonds is 3. The van der Waals surface area contributed by atoms with Crippen LogP contribution in [0.15, 0.2) is 18.2 Å². The van der Waals surface area contributed by atoms with E-state index >= 15 is 0 Å². The second-order valence-corrected chi connectivity index (χ2v) is 5.65. The average Bonchev–Trinajstić information content (AvgIpc) is 2.25. The molecule has 1 unspecified atom stereocenters. The molecule has 22 heavy (non-hydrogen) atoms. The van der Waals surface area contributed by atoms with Crippen molar-refractivity contribution in [3.63, 3.8) is 0 Å². The Bertz CT molecular complexity index is 519. The highest BCUT2D eigenvalue weighted by Gasteiger charge is 2.37. The minimum atomic E-state index is -5.16. The van der Waals surface area contributed by atoms with E-state index in [0.717, 1.165) is 12.1 Å². The Balaban J connectivity index is 3.25. The van der Waals surface area contributed by atoms with E-state index in [1.54, 1.807) is 20.8 Å². The van der Waals surface area contributed by atoms with Gasteiger partial charge in [0.05, 0.1) is 0 Å². The molecule has 3 nitrogen and oxygen atoms in total. The van der Waals surface area contributed by atoms with Crippen LogP contribution in [-0.4, -0.2) is 12.7 Å². The van der Waals surface area contributed by atoms with Crippen molar-refractivity contribution in [2.24, 2.45) is 11.1 Å². The van der Waals surface area contributed by atoms with E-state index in [2.05, 4.69) is 9.47 Å². The Morgan fingerprint density at radius 3 is 1.73 bits per heavy atom. The molecule has 2 N–H and O–H groups in total. The third kappa shape index (κ3) is 5.63. The van der Waals surface area contributed by atoms with E-state index in [0.29, 0.717) is 0 Å². The fourth-order valence-corrected chi connectivity index (χ4v) is 1.63. The van der Waals surface area contributed by atoms with Crippen molar-refractivity contribution in [3.05, 3.63) is 23.8 Å². The van der Waals surface area contributed by atoms with Gasteiger partial charge in [-0.15, -0.1) is 26.3 Å². The minimum absolute atomic E-state index is 0.196. The lowest BCUT2D eigenvalue weighted by molar-refractivity contribution is -0.287. The van der Waals surface area contributed by atoms with E-state index in [1.807, 2.05) is 0 Å². The minimum Gasteiger partial charge on any atom is -0.402 e. The summed E-state index contributed by atoms with van der Waals surface area (Å²) in [6, 6.07) is 2.00. The van der Waals surface area contributed by atoms with Gasteiger partial charge in [-0.1, -0.05) is 26.8 Å². The summed E-state index contributed by atoms with van der Waals surface area (Å²) in [5.41, 5.74) is 5.57. The number of benzene rings is 1. The predicted octanol–water partition coefficient (Wildman–Crippen LogP) is 4.53. The maximum Gasteiger partial charge on any atom is 0.573 e. The summed E-state index contributed by atoms with van der Waals surface area (Å²) in [6.45, 7) is 5.21. The van der Waals surface area contributed by atoms with Gasteiger partial charge in [-0.25, -0.2) is 0 Å². The summed E-state index contributed by atoms with van der Waals surface area (Å²) in [6.07, 6.45) is -10.3. The molecule has 0 aromatic heterocycles. The summed E-state index contributed by atoms with van der Waals surface area (Å²) in [5, 5.41) is 0. The third-order valence-corrected chi connectivity index (χ3v) is 2.71. The first-order chi connectivity index (χ1) is 9.69. The Labute approximate surface area is 123 Å². The van der Waals surface area contributed by atoms with Crippen molar-refractivity contribution in [2.75, 3.05) is 0 Å². The zero-order chi connectivity index (χ0) is 17.3. The van der Waals surface area contributed by atoms with Crippen LogP contribution in [0.5, 0.6) is 11.5 Å². The van der Waals surface area contributed by atoms with E-state index in [-0.39, 0.29) is 5.56 Å². The highest BCUT2D eigenvalue weighted by atomic mass is 19.4. The second kappa shape index (κ2) is 5.86. The van der Waals surface area contributed by atoms with Gasteiger partial charge in [-0.2, -0.15) is 0 Å². The highest BCUT2D eigenvalue weighted by molar-refractivity contribution is 5.44. The number of nitrogens with two attached hydrogens (primary N) is 1. The maximum absolute atomic E-state index is 12.3. The number of alkyl halides is 6. The maximum atomic E-state index is 12.3. The molecule has 0 saturated carbocycles. The first-order valence-electron chi connectivity index (χ1n) is 6.10. The van der Waals surface area contributed by atoms with Crippen LogP contribution in [0.3, 0.4) is 0 Å². The van der Waals surface area contributed by atoms with Crippen LogP contribution in [0.2, 0.25) is 0 Å². The first kappa shape index (κ1) is 18.4. The van der Waals surface area contributed by atoms with Gasteiger partial charge in [0, 0.05) is 6.04 Å². The monoisotopic (exact) mass is 331 g/mol. The van der Waals surface area contributed by atoms with Gasteiger partial charge in [0.2, 0.25) is 0 Å². The zero-order valence-corrected chi connectivity index (χ0v) is 12.0. The molecule has 0 spiro atoms. The lowest BCUT2D eigenvalue weighted by Crippen LogP contribution is -2.27. The molecular formula is C13H15F6NO2. The topological polar surface area (TPSA) is 44.5 Å². The number of hydrogen-bond donors (Lipinski definition) is 1. The summed E-state index contributed by atoms with van der Waals surface area (Å²) in [5.74, 6) is -2.18. The van der Waals surface area contributed by atoms with Crippen molar-refractivity contribution in [1.29, 1.82) is 0 Å². The van der Waals surface area contributed by atoms with Gasteiger partial charge < -0.3 is 15.2 Å². The summed E-state index contributed by atoms with van der Waals surface area (Å²) >= 11 is 0. The first-order valence-corrected chi connectivity index (χ1v) is 6.10. The molecule has 0 fully saturated rings. The zero-order valence-electron chi connectivity index (χ0n) is 12.0. The lowest BCUT2D eigenvalue weighted by Gasteiger charge is -2.28. The molecular weight excluding hydrogens is 316 g/mol. The van der Waals surface area contributed by atoms with E-state index < -0.39 is 35.7 Å². The lowest BCUT2D eigenvalue weighted by atomic mass is 9.83. The summed E-state index contributed by atoms with van der Waals surface area (Å²) < 4.78 is 80.8. The molecule has 1 aromatic rings. The summed E-state index contributed by atoms with van der Waals surface area (Å²) in [4.78, 5) is 0. The van der Waals surface area contributed by atoms with Gasteiger partial charge in [-0.05, 0) is 23.1 Å². The SMILES string of the molecule is CC(C)(C)C(N)c1ccc(OC(F)(F)F)c(OC(F)(F)F)c1. The van der Waals surface area contributed by atoms with Gasteiger partial charge in [-0.3, -0.25) is 0 Å². The molecule has 0 radical (unpaired) electrons. The van der Waals surface area contributed by atoms with Crippen LogP contribution in [0.4, 0.5) is 26.3 Å². The van der Waals surface area contributed by atoms with Crippen LogP contribution in [-0.2, 0) is 0 Å². The van der Waals surface area contributed by atoms with Crippen molar-refractivity contribution in [2.45, 2.75) is 39.5 Å². The number of hydrogen-bond acceptors (Lipinski definition) is 3. The fraction of sp³-hybridized carbons (Fsp3) is 0.538. The molecule has 1 atom stereocenters. The predicted molar refractivity (Wildman–Crippen MR) is 66.2 cm³/mol. The highest BCUT2D eigenvalue weighted by Crippen LogP contribution is 2.39. The Hall–Kier alpha value is -1.64. The molecule has 9 heteroatoms. The van der Waals surface area contributed by atoms with Gasteiger partial charge in [0.1, 0.15) is 0 Å². The molecule has 126 valence electrons. The molecule has 0 aliphatic heterocycles. The molecule has 0 aliphatic rings.